The normalized spacial score (nSPS) is 56.7. The predicted molar refractivity (Wildman–Crippen MR) is 26.6 cm³/mol. The van der Waals surface area contributed by atoms with E-state index < -0.39 is 18.5 Å². The maximum Gasteiger partial charge on any atom is 0.186 e. The summed E-state index contributed by atoms with van der Waals surface area (Å²) in [6.45, 7) is 0.406. The zero-order valence-corrected chi connectivity index (χ0v) is 4.73. The Hall–Kier alpha value is -0.160. The van der Waals surface area contributed by atoms with Crippen LogP contribution in [0.5, 0.6) is 0 Å². The van der Waals surface area contributed by atoms with Gasteiger partial charge >= 0.3 is 0 Å². The van der Waals surface area contributed by atoms with E-state index in [0.29, 0.717) is 6.61 Å². The summed E-state index contributed by atoms with van der Waals surface area (Å²) in [5.41, 5.74) is 0. The maximum absolute atomic E-state index is 9.03. The summed E-state index contributed by atoms with van der Waals surface area (Å²) in [7, 11) is 0. The van der Waals surface area contributed by atoms with E-state index in [9.17, 15) is 0 Å². The lowest BCUT2D eigenvalue weighted by atomic mass is 10.1. The van der Waals surface area contributed by atoms with Crippen molar-refractivity contribution in [1.82, 2.24) is 0 Å². The minimum atomic E-state index is -0.844. The molecule has 4 atom stereocenters. The highest BCUT2D eigenvalue weighted by molar-refractivity contribution is 4.90. The van der Waals surface area contributed by atoms with Gasteiger partial charge in [0.1, 0.15) is 18.3 Å². The molecule has 2 rings (SSSR count). The summed E-state index contributed by atoms with van der Waals surface area (Å²) in [6, 6.07) is 0. The molecule has 0 aliphatic carbocycles. The van der Waals surface area contributed by atoms with Crippen LogP contribution < -0.4 is 0 Å². The molecule has 0 spiro atoms. The Labute approximate surface area is 52.0 Å². The van der Waals surface area contributed by atoms with Gasteiger partial charge in [0.2, 0.25) is 0 Å². The molecule has 0 unspecified atom stereocenters. The first-order valence-electron chi connectivity index (χ1n) is 2.92. The number of aliphatic hydroxyl groups is 2. The summed E-state index contributed by atoms with van der Waals surface area (Å²) in [5, 5.41) is 18.0. The smallest absolute Gasteiger partial charge is 0.186 e. The molecular formula is C5H8O4. The maximum atomic E-state index is 9.03. The highest BCUT2D eigenvalue weighted by Crippen LogP contribution is 2.28. The van der Waals surface area contributed by atoms with Gasteiger partial charge in [-0.15, -0.1) is 0 Å². The Morgan fingerprint density at radius 3 is 2.33 bits per heavy atom. The average Bonchev–Trinajstić information content (AvgIpc) is 2.37. The molecule has 2 saturated heterocycles. The number of hydrogen-bond donors (Lipinski definition) is 2. The Bertz CT molecular complexity index is 108. The third-order valence-corrected chi connectivity index (χ3v) is 1.74. The number of hydrogen-bond acceptors (Lipinski definition) is 4. The highest BCUT2D eigenvalue weighted by Gasteiger charge is 2.48. The zero-order chi connectivity index (χ0) is 6.43. The molecule has 2 fully saturated rings. The molecule has 0 radical (unpaired) electrons. The molecule has 4 heteroatoms. The molecular weight excluding hydrogens is 124 g/mol. The summed E-state index contributed by atoms with van der Waals surface area (Å²) in [5.74, 6) is 0. The van der Waals surface area contributed by atoms with E-state index in [-0.39, 0.29) is 6.10 Å². The largest absolute Gasteiger partial charge is 0.387 e. The van der Waals surface area contributed by atoms with Gasteiger partial charge in [-0.2, -0.15) is 0 Å². The molecule has 2 bridgehead atoms. The zero-order valence-electron chi connectivity index (χ0n) is 4.73. The van der Waals surface area contributed by atoms with Crippen LogP contribution in [-0.2, 0) is 9.47 Å². The molecule has 0 aromatic carbocycles. The van der Waals surface area contributed by atoms with Crippen LogP contribution in [0.25, 0.3) is 0 Å². The van der Waals surface area contributed by atoms with E-state index in [4.69, 9.17) is 19.7 Å². The van der Waals surface area contributed by atoms with Crippen molar-refractivity contribution < 1.29 is 19.7 Å². The van der Waals surface area contributed by atoms with Crippen molar-refractivity contribution in [3.63, 3.8) is 0 Å². The van der Waals surface area contributed by atoms with E-state index >= 15 is 0 Å². The molecule has 4 nitrogen and oxygen atoms in total. The second kappa shape index (κ2) is 1.67. The molecule has 2 aliphatic rings. The SMILES string of the molecule is O[C@H]1[C@H]2OC[C@@H](O2)[C@H]1O. The molecule has 2 heterocycles. The van der Waals surface area contributed by atoms with E-state index in [0.717, 1.165) is 0 Å². The van der Waals surface area contributed by atoms with Crippen LogP contribution in [0.3, 0.4) is 0 Å². The van der Waals surface area contributed by atoms with E-state index in [2.05, 4.69) is 0 Å². The van der Waals surface area contributed by atoms with E-state index in [1.54, 1.807) is 0 Å². The van der Waals surface area contributed by atoms with Gasteiger partial charge in [-0.05, 0) is 0 Å². The lowest BCUT2D eigenvalue weighted by Gasteiger charge is -2.17. The topological polar surface area (TPSA) is 58.9 Å². The second-order valence-corrected chi connectivity index (χ2v) is 2.36. The van der Waals surface area contributed by atoms with E-state index in [1.165, 1.54) is 0 Å². The number of fused-ring (bicyclic) bond motifs is 2. The lowest BCUT2D eigenvalue weighted by Crippen LogP contribution is -2.39. The Morgan fingerprint density at radius 1 is 1.22 bits per heavy atom. The molecule has 0 saturated carbocycles. The minimum absolute atomic E-state index is 0.301. The Morgan fingerprint density at radius 2 is 2.00 bits per heavy atom. The van der Waals surface area contributed by atoms with Gasteiger partial charge in [-0.25, -0.2) is 0 Å². The average molecular weight is 132 g/mol. The van der Waals surface area contributed by atoms with Gasteiger partial charge in [0.25, 0.3) is 0 Å². The van der Waals surface area contributed by atoms with Crippen molar-refractivity contribution in [2.75, 3.05) is 6.61 Å². The fourth-order valence-electron chi connectivity index (χ4n) is 1.18. The number of rotatable bonds is 0. The standard InChI is InChI=1S/C5H8O4/c6-3-2-1-8-5(9-2)4(3)7/h2-7H,1H2/t2-,3-,4-,5+/m1/s1. The van der Waals surface area contributed by atoms with Crippen molar-refractivity contribution >= 4 is 0 Å². The molecule has 0 amide bonds. The Balaban J connectivity index is 2.15. The molecule has 2 aliphatic heterocycles. The minimum Gasteiger partial charge on any atom is -0.387 e. The number of ether oxygens (including phenoxy) is 2. The van der Waals surface area contributed by atoms with Crippen LogP contribution in [0.4, 0.5) is 0 Å². The van der Waals surface area contributed by atoms with Gasteiger partial charge in [0.15, 0.2) is 6.29 Å². The van der Waals surface area contributed by atoms with Gasteiger partial charge < -0.3 is 19.7 Å². The predicted octanol–water partition coefficient (Wildman–Crippen LogP) is -1.54. The van der Waals surface area contributed by atoms with Crippen molar-refractivity contribution in [3.05, 3.63) is 0 Å². The highest BCUT2D eigenvalue weighted by atomic mass is 16.7. The second-order valence-electron chi connectivity index (χ2n) is 2.36. The summed E-state index contributed by atoms with van der Waals surface area (Å²) in [6.07, 6.45) is -2.47. The quantitative estimate of drug-likeness (QED) is 0.419. The van der Waals surface area contributed by atoms with Crippen LogP contribution in [0.15, 0.2) is 0 Å². The molecule has 0 aromatic rings. The van der Waals surface area contributed by atoms with Gasteiger partial charge in [-0.1, -0.05) is 0 Å². The monoisotopic (exact) mass is 132 g/mol. The van der Waals surface area contributed by atoms with Crippen molar-refractivity contribution in [2.24, 2.45) is 0 Å². The first-order valence-corrected chi connectivity index (χ1v) is 2.92. The molecule has 9 heavy (non-hydrogen) atoms. The third kappa shape index (κ3) is 0.616. The van der Waals surface area contributed by atoms with Crippen LogP contribution in [0.2, 0.25) is 0 Å². The van der Waals surface area contributed by atoms with Gasteiger partial charge in [0.05, 0.1) is 6.61 Å². The lowest BCUT2D eigenvalue weighted by molar-refractivity contribution is -0.111. The van der Waals surface area contributed by atoms with Crippen LogP contribution in [-0.4, -0.2) is 41.4 Å². The summed E-state index contributed by atoms with van der Waals surface area (Å²) >= 11 is 0. The number of aliphatic hydroxyl groups excluding tert-OH is 2. The van der Waals surface area contributed by atoms with Gasteiger partial charge in [0, 0.05) is 0 Å². The van der Waals surface area contributed by atoms with Crippen LogP contribution >= 0.6 is 0 Å². The van der Waals surface area contributed by atoms with E-state index in [1.807, 2.05) is 0 Å². The third-order valence-electron chi connectivity index (χ3n) is 1.74. The Kier molecular flexibility index (Phi) is 1.04. The molecule has 2 N–H and O–H groups in total. The van der Waals surface area contributed by atoms with Gasteiger partial charge in [-0.3, -0.25) is 0 Å². The van der Waals surface area contributed by atoms with Crippen LogP contribution in [0.1, 0.15) is 0 Å². The summed E-state index contributed by atoms with van der Waals surface area (Å²) < 4.78 is 9.88. The fourth-order valence-corrected chi connectivity index (χ4v) is 1.18. The fraction of sp³-hybridized carbons (Fsp3) is 1.00. The van der Waals surface area contributed by atoms with Crippen molar-refractivity contribution in [3.8, 4) is 0 Å². The molecule has 52 valence electrons. The van der Waals surface area contributed by atoms with Crippen molar-refractivity contribution in [2.45, 2.75) is 24.6 Å². The van der Waals surface area contributed by atoms with Crippen molar-refractivity contribution in [1.29, 1.82) is 0 Å². The molecule has 0 aromatic heterocycles. The first-order chi connectivity index (χ1) is 4.29. The van der Waals surface area contributed by atoms with Crippen LogP contribution in [0, 0.1) is 0 Å². The first kappa shape index (κ1) is 5.61. The summed E-state index contributed by atoms with van der Waals surface area (Å²) in [4.78, 5) is 0.